The first-order valence-electron chi connectivity index (χ1n) is 6.29. The summed E-state index contributed by atoms with van der Waals surface area (Å²) in [5.74, 6) is 1.02. The summed E-state index contributed by atoms with van der Waals surface area (Å²) in [6.45, 7) is 1.62. The molecule has 7 heteroatoms. The van der Waals surface area contributed by atoms with Crippen molar-refractivity contribution in [1.29, 1.82) is 0 Å². The Balaban J connectivity index is 2.23. The van der Waals surface area contributed by atoms with Gasteiger partial charge in [0.2, 0.25) is 5.91 Å². The number of anilines is 1. The van der Waals surface area contributed by atoms with Crippen molar-refractivity contribution in [1.82, 2.24) is 4.98 Å². The van der Waals surface area contributed by atoms with E-state index >= 15 is 0 Å². The fourth-order valence-electron chi connectivity index (χ4n) is 1.68. The first-order valence-corrected chi connectivity index (χ1v) is 7.17. The maximum atomic E-state index is 11.5. The van der Waals surface area contributed by atoms with Crippen LogP contribution in [0.4, 0.5) is 5.13 Å². The average Bonchev–Trinajstić information content (AvgIpc) is 2.94. The number of ether oxygens (including phenoxy) is 2. The number of benzene rings is 1. The Morgan fingerprint density at radius 3 is 2.67 bits per heavy atom. The molecule has 21 heavy (non-hydrogen) atoms. The summed E-state index contributed by atoms with van der Waals surface area (Å²) < 4.78 is 10.5. The largest absolute Gasteiger partial charge is 0.493 e. The highest BCUT2D eigenvalue weighted by atomic mass is 32.1. The molecule has 0 aliphatic rings. The van der Waals surface area contributed by atoms with Crippen molar-refractivity contribution in [3.8, 4) is 22.8 Å². The number of amides is 1. The number of nitrogens with one attached hydrogen (secondary N) is 1. The lowest BCUT2D eigenvalue weighted by molar-refractivity contribution is -0.117. The molecule has 3 N–H and O–H groups in total. The van der Waals surface area contributed by atoms with Crippen molar-refractivity contribution in [3.05, 3.63) is 23.6 Å². The number of methoxy groups -OCH3 is 2. The van der Waals surface area contributed by atoms with Crippen LogP contribution in [-0.4, -0.2) is 31.2 Å². The van der Waals surface area contributed by atoms with Crippen LogP contribution in [0.2, 0.25) is 0 Å². The van der Waals surface area contributed by atoms with Gasteiger partial charge in [0.05, 0.1) is 26.0 Å². The third-order valence-electron chi connectivity index (χ3n) is 2.83. The number of aromatic nitrogens is 1. The van der Waals surface area contributed by atoms with Gasteiger partial charge >= 0.3 is 0 Å². The number of carbonyl (C=O) groups is 1. The average molecular weight is 307 g/mol. The number of nitrogens with two attached hydrogens (primary N) is 1. The van der Waals surface area contributed by atoms with E-state index in [1.807, 2.05) is 23.6 Å². The number of hydrogen-bond donors (Lipinski definition) is 2. The van der Waals surface area contributed by atoms with Gasteiger partial charge in [0.25, 0.3) is 0 Å². The summed E-state index contributed by atoms with van der Waals surface area (Å²) in [6, 6.07) is 4.96. The Hall–Kier alpha value is -2.12. The lowest BCUT2D eigenvalue weighted by atomic mass is 10.1. The Labute approximate surface area is 126 Å². The van der Waals surface area contributed by atoms with E-state index in [4.69, 9.17) is 15.2 Å². The molecule has 1 heterocycles. The van der Waals surface area contributed by atoms with Gasteiger partial charge in [0.15, 0.2) is 16.6 Å². The van der Waals surface area contributed by atoms with Crippen molar-refractivity contribution in [2.24, 2.45) is 5.73 Å². The highest BCUT2D eigenvalue weighted by Gasteiger charge is 2.12. The van der Waals surface area contributed by atoms with Crippen LogP contribution in [0.15, 0.2) is 23.6 Å². The summed E-state index contributed by atoms with van der Waals surface area (Å²) in [5.41, 5.74) is 7.14. The number of hydrogen-bond acceptors (Lipinski definition) is 6. The van der Waals surface area contributed by atoms with E-state index in [1.165, 1.54) is 11.3 Å². The molecule has 1 unspecified atom stereocenters. The minimum Gasteiger partial charge on any atom is -0.493 e. The third-order valence-corrected chi connectivity index (χ3v) is 3.58. The molecule has 0 spiro atoms. The molecule has 0 saturated heterocycles. The van der Waals surface area contributed by atoms with Gasteiger partial charge in [-0.15, -0.1) is 11.3 Å². The summed E-state index contributed by atoms with van der Waals surface area (Å²) in [5, 5.41) is 5.05. The number of carbonyl (C=O) groups excluding carboxylic acids is 1. The quantitative estimate of drug-likeness (QED) is 0.883. The standard InChI is InChI=1S/C14H17N3O3S/c1-8(15)13(18)17-14-16-10(7-21-14)9-4-5-11(19-2)12(6-9)20-3/h4-8H,15H2,1-3H3,(H,16,17,18). The molecule has 0 radical (unpaired) electrons. The summed E-state index contributed by atoms with van der Waals surface area (Å²) in [6.07, 6.45) is 0. The first kappa shape index (κ1) is 15.3. The van der Waals surface area contributed by atoms with E-state index in [0.717, 1.165) is 11.3 Å². The molecule has 0 saturated carbocycles. The van der Waals surface area contributed by atoms with Crippen LogP contribution >= 0.6 is 11.3 Å². The van der Waals surface area contributed by atoms with Crippen molar-refractivity contribution >= 4 is 22.4 Å². The zero-order valence-electron chi connectivity index (χ0n) is 12.0. The van der Waals surface area contributed by atoms with Gasteiger partial charge in [0.1, 0.15) is 0 Å². The lowest BCUT2D eigenvalue weighted by Crippen LogP contribution is -2.32. The van der Waals surface area contributed by atoms with Gasteiger partial charge in [-0.2, -0.15) is 0 Å². The zero-order chi connectivity index (χ0) is 15.4. The highest BCUT2D eigenvalue weighted by molar-refractivity contribution is 7.14. The van der Waals surface area contributed by atoms with Crippen molar-refractivity contribution in [2.45, 2.75) is 13.0 Å². The van der Waals surface area contributed by atoms with E-state index < -0.39 is 6.04 Å². The first-order chi connectivity index (χ1) is 10.0. The molecule has 1 atom stereocenters. The van der Waals surface area contributed by atoms with Gasteiger partial charge in [-0.3, -0.25) is 4.79 Å². The summed E-state index contributed by atoms with van der Waals surface area (Å²) in [4.78, 5) is 15.9. The minimum absolute atomic E-state index is 0.261. The normalized spacial score (nSPS) is 11.8. The molecule has 0 aliphatic heterocycles. The monoisotopic (exact) mass is 307 g/mol. The molecular weight excluding hydrogens is 290 g/mol. The maximum absolute atomic E-state index is 11.5. The van der Waals surface area contributed by atoms with Crippen LogP contribution < -0.4 is 20.5 Å². The van der Waals surface area contributed by atoms with Gasteiger partial charge in [-0.1, -0.05) is 0 Å². The topological polar surface area (TPSA) is 86.5 Å². The van der Waals surface area contributed by atoms with Crippen LogP contribution in [-0.2, 0) is 4.79 Å². The molecule has 0 aliphatic carbocycles. The number of nitrogens with zero attached hydrogens (tertiary/aromatic N) is 1. The summed E-state index contributed by atoms with van der Waals surface area (Å²) in [7, 11) is 3.17. The molecule has 6 nitrogen and oxygen atoms in total. The SMILES string of the molecule is COc1ccc(-c2csc(NC(=O)C(C)N)n2)cc1OC. The van der Waals surface area contributed by atoms with E-state index in [-0.39, 0.29) is 5.91 Å². The van der Waals surface area contributed by atoms with Crippen LogP contribution in [0, 0.1) is 0 Å². The molecule has 1 amide bonds. The second-order valence-corrected chi connectivity index (χ2v) is 5.24. The van der Waals surface area contributed by atoms with E-state index in [0.29, 0.717) is 16.6 Å². The smallest absolute Gasteiger partial charge is 0.242 e. The Kier molecular flexibility index (Phi) is 4.77. The van der Waals surface area contributed by atoms with Gasteiger partial charge < -0.3 is 20.5 Å². The van der Waals surface area contributed by atoms with E-state index in [9.17, 15) is 4.79 Å². The van der Waals surface area contributed by atoms with Crippen LogP contribution in [0.25, 0.3) is 11.3 Å². The highest BCUT2D eigenvalue weighted by Crippen LogP contribution is 2.33. The third kappa shape index (κ3) is 3.50. The minimum atomic E-state index is -0.571. The fraction of sp³-hybridized carbons (Fsp3) is 0.286. The van der Waals surface area contributed by atoms with Gasteiger partial charge in [-0.25, -0.2) is 4.98 Å². The van der Waals surface area contributed by atoms with E-state index in [1.54, 1.807) is 21.1 Å². The number of thiazole rings is 1. The van der Waals surface area contributed by atoms with Crippen molar-refractivity contribution < 1.29 is 14.3 Å². The van der Waals surface area contributed by atoms with Gasteiger partial charge in [-0.05, 0) is 25.1 Å². The van der Waals surface area contributed by atoms with Gasteiger partial charge in [0, 0.05) is 10.9 Å². The zero-order valence-corrected chi connectivity index (χ0v) is 12.9. The van der Waals surface area contributed by atoms with Crippen LogP contribution in [0.3, 0.4) is 0 Å². The molecule has 1 aromatic carbocycles. The van der Waals surface area contributed by atoms with Crippen LogP contribution in [0.5, 0.6) is 11.5 Å². The molecule has 0 fully saturated rings. The Bertz CT molecular complexity index is 640. The Morgan fingerprint density at radius 2 is 2.05 bits per heavy atom. The Morgan fingerprint density at radius 1 is 1.33 bits per heavy atom. The second kappa shape index (κ2) is 6.55. The predicted molar refractivity (Wildman–Crippen MR) is 82.9 cm³/mol. The molecule has 1 aromatic heterocycles. The maximum Gasteiger partial charge on any atom is 0.242 e. The molecule has 2 rings (SSSR count). The lowest BCUT2D eigenvalue weighted by Gasteiger charge is -2.08. The molecule has 112 valence electrons. The molecular formula is C14H17N3O3S. The fourth-order valence-corrected chi connectivity index (χ4v) is 2.40. The second-order valence-electron chi connectivity index (χ2n) is 4.39. The van der Waals surface area contributed by atoms with E-state index in [2.05, 4.69) is 10.3 Å². The molecule has 2 aromatic rings. The predicted octanol–water partition coefficient (Wildman–Crippen LogP) is 2.11. The van der Waals surface area contributed by atoms with Crippen LogP contribution in [0.1, 0.15) is 6.92 Å². The van der Waals surface area contributed by atoms with Crippen molar-refractivity contribution in [3.63, 3.8) is 0 Å². The molecule has 0 bridgehead atoms. The summed E-state index contributed by atoms with van der Waals surface area (Å²) >= 11 is 1.34. The number of rotatable bonds is 5. The van der Waals surface area contributed by atoms with Crippen molar-refractivity contribution in [2.75, 3.05) is 19.5 Å².